The summed E-state index contributed by atoms with van der Waals surface area (Å²) in [5.74, 6) is 0.309. The summed E-state index contributed by atoms with van der Waals surface area (Å²) in [6.07, 6.45) is 10.9. The van der Waals surface area contributed by atoms with E-state index in [2.05, 4.69) is 24.3 Å². The van der Waals surface area contributed by atoms with Crippen LogP contribution in [-0.2, 0) is 15.9 Å². The number of hydrogen-bond acceptors (Lipinski definition) is 3. The maximum absolute atomic E-state index is 9.38. The van der Waals surface area contributed by atoms with E-state index in [0.717, 1.165) is 38.0 Å². The second-order valence-corrected chi connectivity index (χ2v) is 7.43. The van der Waals surface area contributed by atoms with Crippen molar-refractivity contribution < 1.29 is 14.6 Å². The SMILES string of the molecule is Oc1ccc(-c2ccc(CCCCCCCOC3CCCCO3)cc2)cc1. The quantitative estimate of drug-likeness (QED) is 0.515. The number of aromatic hydroxyl groups is 1. The fraction of sp³-hybridized carbons (Fsp3) is 0.500. The Balaban J connectivity index is 1.25. The standard InChI is InChI=1S/C24H32O3/c25-23-16-14-22(15-17-23)21-12-10-20(11-13-21)8-4-2-1-3-6-18-26-24-9-5-7-19-27-24/h10-17,24-25H,1-9,18-19H2. The van der Waals surface area contributed by atoms with Gasteiger partial charge in [-0.3, -0.25) is 0 Å². The van der Waals surface area contributed by atoms with Crippen molar-refractivity contribution in [3.63, 3.8) is 0 Å². The summed E-state index contributed by atoms with van der Waals surface area (Å²) >= 11 is 0. The van der Waals surface area contributed by atoms with Crippen LogP contribution in [0.4, 0.5) is 0 Å². The highest BCUT2D eigenvalue weighted by Gasteiger charge is 2.13. The van der Waals surface area contributed by atoms with Gasteiger partial charge in [-0.1, -0.05) is 55.7 Å². The minimum absolute atomic E-state index is 0.0586. The van der Waals surface area contributed by atoms with Crippen LogP contribution in [0.25, 0.3) is 11.1 Å². The van der Waals surface area contributed by atoms with Gasteiger partial charge in [0, 0.05) is 13.2 Å². The zero-order valence-electron chi connectivity index (χ0n) is 16.2. The maximum Gasteiger partial charge on any atom is 0.157 e. The average Bonchev–Trinajstić information content (AvgIpc) is 2.72. The lowest BCUT2D eigenvalue weighted by atomic mass is 10.0. The molecule has 3 nitrogen and oxygen atoms in total. The minimum Gasteiger partial charge on any atom is -0.508 e. The van der Waals surface area contributed by atoms with Gasteiger partial charge in [-0.2, -0.15) is 0 Å². The second kappa shape index (κ2) is 11.1. The van der Waals surface area contributed by atoms with Crippen LogP contribution in [0.5, 0.6) is 5.75 Å². The number of phenolic OH excluding ortho intramolecular Hbond substituents is 1. The molecule has 1 saturated heterocycles. The molecule has 1 aliphatic heterocycles. The Labute approximate surface area is 163 Å². The predicted octanol–water partition coefficient (Wildman–Crippen LogP) is 6.10. The highest BCUT2D eigenvalue weighted by atomic mass is 16.7. The van der Waals surface area contributed by atoms with E-state index in [4.69, 9.17) is 9.47 Å². The van der Waals surface area contributed by atoms with Crippen LogP contribution >= 0.6 is 0 Å². The van der Waals surface area contributed by atoms with Crippen molar-refractivity contribution in [2.24, 2.45) is 0 Å². The Hall–Kier alpha value is -1.84. The number of benzene rings is 2. The summed E-state index contributed by atoms with van der Waals surface area (Å²) in [7, 11) is 0. The Bertz CT molecular complexity index is 642. The molecule has 1 heterocycles. The van der Waals surface area contributed by atoms with Gasteiger partial charge in [0.2, 0.25) is 0 Å². The fourth-order valence-corrected chi connectivity index (χ4v) is 3.54. The first-order valence-electron chi connectivity index (χ1n) is 10.4. The lowest BCUT2D eigenvalue weighted by Crippen LogP contribution is -2.22. The molecule has 0 spiro atoms. The van der Waals surface area contributed by atoms with Crippen LogP contribution in [0.2, 0.25) is 0 Å². The van der Waals surface area contributed by atoms with Gasteiger partial charge in [0.1, 0.15) is 5.75 Å². The van der Waals surface area contributed by atoms with E-state index < -0.39 is 0 Å². The minimum atomic E-state index is 0.0586. The van der Waals surface area contributed by atoms with E-state index in [1.54, 1.807) is 12.1 Å². The summed E-state index contributed by atoms with van der Waals surface area (Å²) in [6.45, 7) is 1.70. The summed E-state index contributed by atoms with van der Waals surface area (Å²) in [5.41, 5.74) is 3.73. The number of aryl methyl sites for hydroxylation is 1. The molecule has 146 valence electrons. The molecule has 3 rings (SSSR count). The average molecular weight is 369 g/mol. The smallest absolute Gasteiger partial charge is 0.157 e. The Morgan fingerprint density at radius 3 is 2.19 bits per heavy atom. The molecule has 0 aliphatic carbocycles. The van der Waals surface area contributed by atoms with Gasteiger partial charge in [0.15, 0.2) is 6.29 Å². The molecule has 27 heavy (non-hydrogen) atoms. The van der Waals surface area contributed by atoms with Gasteiger partial charge >= 0.3 is 0 Å². The Kier molecular flexibility index (Phi) is 8.19. The molecule has 1 fully saturated rings. The van der Waals surface area contributed by atoms with E-state index >= 15 is 0 Å². The monoisotopic (exact) mass is 368 g/mol. The van der Waals surface area contributed by atoms with Gasteiger partial charge in [-0.25, -0.2) is 0 Å². The van der Waals surface area contributed by atoms with E-state index in [-0.39, 0.29) is 6.29 Å². The molecule has 0 saturated carbocycles. The predicted molar refractivity (Wildman–Crippen MR) is 110 cm³/mol. The molecular weight excluding hydrogens is 336 g/mol. The Morgan fingerprint density at radius 1 is 0.815 bits per heavy atom. The normalized spacial score (nSPS) is 17.1. The van der Waals surface area contributed by atoms with Crippen LogP contribution in [0, 0.1) is 0 Å². The molecule has 0 radical (unpaired) electrons. The first-order valence-corrected chi connectivity index (χ1v) is 10.4. The zero-order chi connectivity index (χ0) is 18.7. The first-order chi connectivity index (χ1) is 13.3. The van der Waals surface area contributed by atoms with E-state index in [1.807, 2.05) is 12.1 Å². The first kappa shape index (κ1) is 19.9. The second-order valence-electron chi connectivity index (χ2n) is 7.43. The summed E-state index contributed by atoms with van der Waals surface area (Å²) in [5, 5.41) is 9.38. The molecular formula is C24H32O3. The molecule has 0 aromatic heterocycles. The number of unbranched alkanes of at least 4 members (excludes halogenated alkanes) is 4. The van der Waals surface area contributed by atoms with Gasteiger partial charge in [-0.15, -0.1) is 0 Å². The lowest BCUT2D eigenvalue weighted by molar-refractivity contribution is -0.162. The highest BCUT2D eigenvalue weighted by molar-refractivity contribution is 5.64. The van der Waals surface area contributed by atoms with E-state index in [9.17, 15) is 5.11 Å². The van der Waals surface area contributed by atoms with E-state index in [0.29, 0.717) is 5.75 Å². The van der Waals surface area contributed by atoms with Crippen LogP contribution in [0.3, 0.4) is 0 Å². The third kappa shape index (κ3) is 7.00. The number of hydrogen-bond donors (Lipinski definition) is 1. The van der Waals surface area contributed by atoms with E-state index in [1.165, 1.54) is 49.7 Å². The van der Waals surface area contributed by atoms with Crippen molar-refractivity contribution in [1.29, 1.82) is 0 Å². The third-order valence-corrected chi connectivity index (χ3v) is 5.21. The van der Waals surface area contributed by atoms with Crippen molar-refractivity contribution in [3.8, 4) is 16.9 Å². The summed E-state index contributed by atoms with van der Waals surface area (Å²) in [6, 6.07) is 16.2. The number of ether oxygens (including phenoxy) is 2. The fourth-order valence-electron chi connectivity index (χ4n) is 3.54. The van der Waals surface area contributed by atoms with Crippen LogP contribution in [-0.4, -0.2) is 24.6 Å². The Morgan fingerprint density at radius 2 is 1.48 bits per heavy atom. The summed E-state index contributed by atoms with van der Waals surface area (Å²) in [4.78, 5) is 0. The van der Waals surface area contributed by atoms with Crippen LogP contribution in [0.15, 0.2) is 48.5 Å². The summed E-state index contributed by atoms with van der Waals surface area (Å²) < 4.78 is 11.4. The number of phenols is 1. The third-order valence-electron chi connectivity index (χ3n) is 5.21. The van der Waals surface area contributed by atoms with Crippen molar-refractivity contribution in [2.75, 3.05) is 13.2 Å². The largest absolute Gasteiger partial charge is 0.508 e. The van der Waals surface area contributed by atoms with Gasteiger partial charge in [0.25, 0.3) is 0 Å². The zero-order valence-corrected chi connectivity index (χ0v) is 16.2. The molecule has 1 N–H and O–H groups in total. The molecule has 3 heteroatoms. The van der Waals surface area contributed by atoms with Gasteiger partial charge < -0.3 is 14.6 Å². The van der Waals surface area contributed by atoms with Crippen molar-refractivity contribution in [2.45, 2.75) is 64.1 Å². The molecule has 1 atom stereocenters. The molecule has 0 amide bonds. The topological polar surface area (TPSA) is 38.7 Å². The van der Waals surface area contributed by atoms with Gasteiger partial charge in [-0.05, 0) is 67.3 Å². The highest BCUT2D eigenvalue weighted by Crippen LogP contribution is 2.22. The van der Waals surface area contributed by atoms with Crippen LogP contribution in [0.1, 0.15) is 56.9 Å². The van der Waals surface area contributed by atoms with Crippen molar-refractivity contribution in [3.05, 3.63) is 54.1 Å². The van der Waals surface area contributed by atoms with Crippen molar-refractivity contribution >= 4 is 0 Å². The van der Waals surface area contributed by atoms with Gasteiger partial charge in [0.05, 0.1) is 0 Å². The maximum atomic E-state index is 9.38. The van der Waals surface area contributed by atoms with Crippen LogP contribution < -0.4 is 0 Å². The lowest BCUT2D eigenvalue weighted by Gasteiger charge is -2.22. The molecule has 1 aliphatic rings. The number of rotatable bonds is 10. The molecule has 1 unspecified atom stereocenters. The molecule has 2 aromatic rings. The molecule has 0 bridgehead atoms. The molecule has 2 aromatic carbocycles. The van der Waals surface area contributed by atoms with Crippen molar-refractivity contribution in [1.82, 2.24) is 0 Å².